The first-order valence-electron chi connectivity index (χ1n) is 5.13. The van der Waals surface area contributed by atoms with Crippen LogP contribution in [-0.4, -0.2) is 6.29 Å². The van der Waals surface area contributed by atoms with Gasteiger partial charge in [-0.05, 0) is 23.3 Å². The Morgan fingerprint density at radius 2 is 1.47 bits per heavy atom. The first kappa shape index (κ1) is 12.0. The van der Waals surface area contributed by atoms with Gasteiger partial charge in [0, 0.05) is 0 Å². The van der Waals surface area contributed by atoms with Gasteiger partial charge in [-0.25, -0.2) is 4.39 Å². The highest BCUT2D eigenvalue weighted by atomic mass is 79.9. The summed E-state index contributed by atoms with van der Waals surface area (Å²) in [6.07, 6.45) is 0.815. The zero-order chi connectivity index (χ0) is 12.3. The normalized spacial score (nSPS) is 14.0. The van der Waals surface area contributed by atoms with E-state index in [0.717, 1.165) is 11.8 Å². The zero-order valence-electron chi connectivity index (χ0n) is 8.94. The average Bonchev–Trinajstić information content (AvgIpc) is 2.40. The van der Waals surface area contributed by atoms with E-state index in [-0.39, 0.29) is 5.82 Å². The van der Waals surface area contributed by atoms with Gasteiger partial charge in [-0.1, -0.05) is 58.4 Å². The minimum absolute atomic E-state index is 0.317. The second-order valence-electron chi connectivity index (χ2n) is 3.70. The lowest BCUT2D eigenvalue weighted by Crippen LogP contribution is -2.21. The van der Waals surface area contributed by atoms with E-state index in [1.807, 2.05) is 30.3 Å². The molecule has 0 radical (unpaired) electrons. The number of carbonyl (C=O) groups is 1. The Morgan fingerprint density at radius 1 is 0.941 bits per heavy atom. The molecule has 0 amide bonds. The van der Waals surface area contributed by atoms with Crippen LogP contribution in [0.3, 0.4) is 0 Å². The molecule has 2 aromatic rings. The highest BCUT2D eigenvalue weighted by Gasteiger charge is 2.30. The van der Waals surface area contributed by atoms with Gasteiger partial charge in [0.25, 0.3) is 0 Å². The number of aldehydes is 1. The van der Waals surface area contributed by atoms with Crippen LogP contribution >= 0.6 is 15.9 Å². The van der Waals surface area contributed by atoms with E-state index in [1.165, 1.54) is 12.1 Å². The second kappa shape index (κ2) is 4.80. The van der Waals surface area contributed by atoms with Crippen LogP contribution in [0, 0.1) is 5.82 Å². The maximum absolute atomic E-state index is 12.9. The molecule has 17 heavy (non-hydrogen) atoms. The predicted molar refractivity (Wildman–Crippen MR) is 68.6 cm³/mol. The smallest absolute Gasteiger partial charge is 0.145 e. The van der Waals surface area contributed by atoms with Crippen LogP contribution in [0.1, 0.15) is 11.1 Å². The van der Waals surface area contributed by atoms with Gasteiger partial charge in [0.15, 0.2) is 0 Å². The van der Waals surface area contributed by atoms with Crippen molar-refractivity contribution < 1.29 is 9.18 Å². The van der Waals surface area contributed by atoms with Gasteiger partial charge in [0.1, 0.15) is 16.4 Å². The Kier molecular flexibility index (Phi) is 3.38. The van der Waals surface area contributed by atoms with Gasteiger partial charge >= 0.3 is 0 Å². The van der Waals surface area contributed by atoms with Crippen molar-refractivity contribution in [3.05, 3.63) is 71.5 Å². The summed E-state index contributed by atoms with van der Waals surface area (Å²) >= 11 is 3.43. The third-order valence-electron chi connectivity index (χ3n) is 2.62. The maximum atomic E-state index is 12.9. The molecule has 0 saturated carbocycles. The molecule has 86 valence electrons. The van der Waals surface area contributed by atoms with Crippen molar-refractivity contribution in [1.29, 1.82) is 0 Å². The molecule has 3 heteroatoms. The van der Waals surface area contributed by atoms with Crippen molar-refractivity contribution in [2.75, 3.05) is 0 Å². The molecule has 0 N–H and O–H groups in total. The third kappa shape index (κ3) is 2.29. The summed E-state index contributed by atoms with van der Waals surface area (Å²) in [7, 11) is 0. The second-order valence-corrected chi connectivity index (χ2v) is 4.95. The Morgan fingerprint density at radius 3 is 2.00 bits per heavy atom. The van der Waals surface area contributed by atoms with E-state index in [2.05, 4.69) is 15.9 Å². The van der Waals surface area contributed by atoms with E-state index >= 15 is 0 Å². The van der Waals surface area contributed by atoms with Crippen molar-refractivity contribution in [2.24, 2.45) is 0 Å². The quantitative estimate of drug-likeness (QED) is 0.623. The minimum Gasteiger partial charge on any atom is -0.301 e. The van der Waals surface area contributed by atoms with Crippen molar-refractivity contribution in [3.63, 3.8) is 0 Å². The van der Waals surface area contributed by atoms with E-state index in [4.69, 9.17) is 0 Å². The molecule has 1 atom stereocenters. The van der Waals surface area contributed by atoms with E-state index < -0.39 is 4.32 Å². The van der Waals surface area contributed by atoms with Crippen molar-refractivity contribution in [1.82, 2.24) is 0 Å². The Hall–Kier alpha value is -1.48. The Labute approximate surface area is 107 Å². The number of hydrogen-bond acceptors (Lipinski definition) is 1. The molecule has 1 unspecified atom stereocenters. The van der Waals surface area contributed by atoms with Crippen LogP contribution < -0.4 is 0 Å². The Bertz CT molecular complexity index is 510. The minimum atomic E-state index is -0.915. The first-order chi connectivity index (χ1) is 8.16. The number of hydrogen-bond donors (Lipinski definition) is 0. The van der Waals surface area contributed by atoms with Gasteiger partial charge in [0.2, 0.25) is 0 Å². The summed E-state index contributed by atoms with van der Waals surface area (Å²) in [4.78, 5) is 11.4. The molecular weight excluding hydrogens is 283 g/mol. The highest BCUT2D eigenvalue weighted by Crippen LogP contribution is 2.36. The standard InChI is InChI=1S/C14H10BrFO/c15-14(10-17,11-4-2-1-3-5-11)12-6-8-13(16)9-7-12/h1-10H. The van der Waals surface area contributed by atoms with Gasteiger partial charge in [-0.3, -0.25) is 0 Å². The first-order valence-corrected chi connectivity index (χ1v) is 5.93. The maximum Gasteiger partial charge on any atom is 0.145 e. The number of benzene rings is 2. The molecular formula is C14H10BrFO. The predicted octanol–water partition coefficient (Wildman–Crippen LogP) is 3.66. The van der Waals surface area contributed by atoms with Gasteiger partial charge in [-0.15, -0.1) is 0 Å². The molecule has 0 heterocycles. The summed E-state index contributed by atoms with van der Waals surface area (Å²) < 4.78 is 12.0. The van der Waals surface area contributed by atoms with Crippen LogP contribution in [0.15, 0.2) is 54.6 Å². The zero-order valence-corrected chi connectivity index (χ0v) is 10.5. The molecule has 2 aromatic carbocycles. The molecule has 2 rings (SSSR count). The Balaban J connectivity index is 2.51. The highest BCUT2D eigenvalue weighted by molar-refractivity contribution is 9.10. The van der Waals surface area contributed by atoms with Crippen molar-refractivity contribution >= 4 is 22.2 Å². The molecule has 1 nitrogen and oxygen atoms in total. The summed E-state index contributed by atoms with van der Waals surface area (Å²) in [6, 6.07) is 15.2. The van der Waals surface area contributed by atoms with E-state index in [1.54, 1.807) is 12.1 Å². The fourth-order valence-electron chi connectivity index (χ4n) is 1.68. The molecule has 0 saturated heterocycles. The van der Waals surface area contributed by atoms with Crippen LogP contribution in [0.5, 0.6) is 0 Å². The van der Waals surface area contributed by atoms with Crippen LogP contribution in [0.25, 0.3) is 0 Å². The molecule has 0 aromatic heterocycles. The fourth-order valence-corrected chi connectivity index (χ4v) is 2.20. The monoisotopic (exact) mass is 292 g/mol. The van der Waals surface area contributed by atoms with Crippen LogP contribution in [-0.2, 0) is 9.12 Å². The van der Waals surface area contributed by atoms with Gasteiger partial charge in [0.05, 0.1) is 0 Å². The van der Waals surface area contributed by atoms with E-state index in [0.29, 0.717) is 5.56 Å². The van der Waals surface area contributed by atoms with E-state index in [9.17, 15) is 9.18 Å². The number of halogens is 2. The molecule has 0 aliphatic rings. The van der Waals surface area contributed by atoms with Gasteiger partial charge < -0.3 is 4.79 Å². The molecule has 0 aliphatic carbocycles. The number of carbonyl (C=O) groups excluding carboxylic acids is 1. The van der Waals surface area contributed by atoms with Crippen molar-refractivity contribution in [2.45, 2.75) is 4.32 Å². The molecule has 0 aliphatic heterocycles. The number of alkyl halides is 1. The topological polar surface area (TPSA) is 17.1 Å². The summed E-state index contributed by atoms with van der Waals surface area (Å²) in [6.45, 7) is 0. The number of rotatable bonds is 3. The molecule has 0 fully saturated rings. The lowest BCUT2D eigenvalue weighted by Gasteiger charge is -2.22. The molecule has 0 spiro atoms. The summed E-state index contributed by atoms with van der Waals surface area (Å²) in [5.41, 5.74) is 1.53. The summed E-state index contributed by atoms with van der Waals surface area (Å²) in [5.74, 6) is -0.317. The third-order valence-corrected chi connectivity index (χ3v) is 3.72. The lowest BCUT2D eigenvalue weighted by atomic mass is 9.92. The van der Waals surface area contributed by atoms with Crippen molar-refractivity contribution in [3.8, 4) is 0 Å². The average molecular weight is 293 g/mol. The molecule has 0 bridgehead atoms. The van der Waals surface area contributed by atoms with Crippen LogP contribution in [0.4, 0.5) is 4.39 Å². The van der Waals surface area contributed by atoms with Gasteiger partial charge in [-0.2, -0.15) is 0 Å². The van der Waals surface area contributed by atoms with Crippen LogP contribution in [0.2, 0.25) is 0 Å². The SMILES string of the molecule is O=CC(Br)(c1ccccc1)c1ccc(F)cc1. The lowest BCUT2D eigenvalue weighted by molar-refractivity contribution is -0.109. The largest absolute Gasteiger partial charge is 0.301 e. The summed E-state index contributed by atoms with van der Waals surface area (Å²) in [5, 5.41) is 0. The fraction of sp³-hybridized carbons (Fsp3) is 0.0714.